The number of aromatic nitrogens is 3. The standard InChI is InChI=1S/C30H24N4O2S/c1-30(2)23-17-9-11-19-25(23)34(26-20-12-10-18-24(26)30)28-31-27(21-13-5-3-6-14-21)32-29(33-28)37(35,36)22-15-7-4-8-16-22/h3-20H,1-2H3. The minimum Gasteiger partial charge on any atom is -0.278 e. The third-order valence-electron chi connectivity index (χ3n) is 6.77. The van der Waals surface area contributed by atoms with Crippen LogP contribution in [0.2, 0.25) is 0 Å². The molecule has 6 rings (SSSR count). The molecule has 6 nitrogen and oxygen atoms in total. The highest BCUT2D eigenvalue weighted by atomic mass is 32.2. The Hall–Kier alpha value is -4.36. The second-order valence-corrected chi connectivity index (χ2v) is 11.3. The molecule has 0 bridgehead atoms. The Morgan fingerprint density at radius 3 is 1.73 bits per heavy atom. The van der Waals surface area contributed by atoms with Gasteiger partial charge in [-0.25, -0.2) is 8.42 Å². The molecular formula is C30H24N4O2S. The first-order valence-electron chi connectivity index (χ1n) is 12.0. The first-order valence-corrected chi connectivity index (χ1v) is 13.5. The molecule has 0 saturated heterocycles. The molecular weight excluding hydrogens is 480 g/mol. The van der Waals surface area contributed by atoms with Gasteiger partial charge >= 0.3 is 0 Å². The van der Waals surface area contributed by atoms with E-state index in [1.54, 1.807) is 30.3 Å². The molecule has 0 N–H and O–H groups in total. The Morgan fingerprint density at radius 2 is 1.14 bits per heavy atom. The van der Waals surface area contributed by atoms with Crippen LogP contribution >= 0.6 is 0 Å². The maximum atomic E-state index is 13.7. The highest BCUT2D eigenvalue weighted by Gasteiger charge is 2.38. The maximum absolute atomic E-state index is 13.7. The van der Waals surface area contributed by atoms with Crippen molar-refractivity contribution in [2.75, 3.05) is 4.90 Å². The number of nitrogens with zero attached hydrogens (tertiary/aromatic N) is 4. The summed E-state index contributed by atoms with van der Waals surface area (Å²) in [7, 11) is -4.00. The van der Waals surface area contributed by atoms with Gasteiger partial charge in [-0.15, -0.1) is 0 Å². The van der Waals surface area contributed by atoms with Gasteiger partial charge in [-0.1, -0.05) is 98.8 Å². The largest absolute Gasteiger partial charge is 0.278 e. The highest BCUT2D eigenvalue weighted by molar-refractivity contribution is 7.91. The van der Waals surface area contributed by atoms with Crippen molar-refractivity contribution >= 4 is 27.2 Å². The van der Waals surface area contributed by atoms with E-state index in [1.165, 1.54) is 0 Å². The van der Waals surface area contributed by atoms with Crippen LogP contribution in [0.4, 0.5) is 17.3 Å². The van der Waals surface area contributed by atoms with Crippen molar-refractivity contribution in [1.82, 2.24) is 15.0 Å². The van der Waals surface area contributed by atoms with Crippen molar-refractivity contribution in [3.05, 3.63) is 120 Å². The zero-order chi connectivity index (χ0) is 25.6. The van der Waals surface area contributed by atoms with Gasteiger partial charge < -0.3 is 0 Å². The van der Waals surface area contributed by atoms with Gasteiger partial charge in [0, 0.05) is 11.0 Å². The Morgan fingerprint density at radius 1 is 0.622 bits per heavy atom. The number of hydrogen-bond acceptors (Lipinski definition) is 6. The Labute approximate surface area is 216 Å². The van der Waals surface area contributed by atoms with E-state index in [-0.39, 0.29) is 21.4 Å². The third-order valence-corrected chi connectivity index (χ3v) is 8.32. The molecule has 4 aromatic carbocycles. The van der Waals surface area contributed by atoms with Gasteiger partial charge in [0.2, 0.25) is 15.8 Å². The van der Waals surface area contributed by atoms with Crippen LogP contribution in [0.1, 0.15) is 25.0 Å². The number of fused-ring (bicyclic) bond motifs is 2. The van der Waals surface area contributed by atoms with Crippen LogP contribution in [0, 0.1) is 0 Å². The minimum absolute atomic E-state index is 0.131. The lowest BCUT2D eigenvalue weighted by Crippen LogP contribution is -2.31. The van der Waals surface area contributed by atoms with Gasteiger partial charge in [0.05, 0.1) is 16.3 Å². The summed E-state index contributed by atoms with van der Waals surface area (Å²) >= 11 is 0. The molecule has 5 aromatic rings. The molecule has 2 heterocycles. The fraction of sp³-hybridized carbons (Fsp3) is 0.100. The minimum atomic E-state index is -4.00. The third kappa shape index (κ3) is 3.79. The molecule has 1 aliphatic heterocycles. The lowest BCUT2D eigenvalue weighted by molar-refractivity contribution is 0.585. The van der Waals surface area contributed by atoms with Gasteiger partial charge in [-0.2, -0.15) is 15.0 Å². The quantitative estimate of drug-likeness (QED) is 0.279. The molecule has 0 amide bonds. The van der Waals surface area contributed by atoms with Gasteiger partial charge in [0.1, 0.15) is 0 Å². The predicted molar refractivity (Wildman–Crippen MR) is 144 cm³/mol. The van der Waals surface area contributed by atoms with E-state index in [9.17, 15) is 8.42 Å². The van der Waals surface area contributed by atoms with Crippen molar-refractivity contribution < 1.29 is 8.42 Å². The maximum Gasteiger partial charge on any atom is 0.257 e. The summed E-state index contributed by atoms with van der Waals surface area (Å²) in [4.78, 5) is 15.9. The highest BCUT2D eigenvalue weighted by Crippen LogP contribution is 2.51. The van der Waals surface area contributed by atoms with Crippen LogP contribution in [0.25, 0.3) is 11.4 Å². The van der Waals surface area contributed by atoms with Gasteiger partial charge in [0.25, 0.3) is 5.16 Å². The van der Waals surface area contributed by atoms with E-state index < -0.39 is 9.84 Å². The number of hydrogen-bond donors (Lipinski definition) is 0. The van der Waals surface area contributed by atoms with Crippen molar-refractivity contribution in [2.45, 2.75) is 29.3 Å². The number of anilines is 3. The molecule has 0 fully saturated rings. The molecule has 0 saturated carbocycles. The molecule has 1 aromatic heterocycles. The van der Waals surface area contributed by atoms with Crippen LogP contribution in [-0.2, 0) is 15.3 Å². The first kappa shape index (κ1) is 23.1. The summed E-state index contributed by atoms with van der Waals surface area (Å²) in [6, 6.07) is 33.8. The van der Waals surface area contributed by atoms with E-state index in [0.29, 0.717) is 11.4 Å². The van der Waals surface area contributed by atoms with E-state index in [2.05, 4.69) is 35.9 Å². The molecule has 0 unspecified atom stereocenters. The molecule has 0 aliphatic carbocycles. The number of rotatable bonds is 4. The SMILES string of the molecule is CC1(C)c2ccccc2N(c2nc(-c3ccccc3)nc(S(=O)(=O)c3ccccc3)n2)c2ccccc21. The van der Waals surface area contributed by atoms with Gasteiger partial charge in [-0.3, -0.25) is 4.90 Å². The zero-order valence-corrected chi connectivity index (χ0v) is 21.2. The summed E-state index contributed by atoms with van der Waals surface area (Å²) in [5.41, 5.74) is 4.44. The van der Waals surface area contributed by atoms with Crippen LogP contribution in [0.5, 0.6) is 0 Å². The van der Waals surface area contributed by atoms with E-state index >= 15 is 0 Å². The molecule has 182 valence electrons. The number of sulfone groups is 1. The normalized spacial score (nSPS) is 14.1. The van der Waals surface area contributed by atoms with Gasteiger partial charge in [-0.05, 0) is 35.4 Å². The lowest BCUT2D eigenvalue weighted by atomic mass is 9.74. The summed E-state index contributed by atoms with van der Waals surface area (Å²) in [5.74, 6) is 0.540. The van der Waals surface area contributed by atoms with Crippen molar-refractivity contribution in [3.8, 4) is 11.4 Å². The predicted octanol–water partition coefficient (Wildman–Crippen LogP) is 6.48. The van der Waals surface area contributed by atoms with Crippen LogP contribution in [0.3, 0.4) is 0 Å². The molecule has 37 heavy (non-hydrogen) atoms. The summed E-state index contributed by atoms with van der Waals surface area (Å²) in [6.07, 6.45) is 0. The average Bonchev–Trinajstić information content (AvgIpc) is 2.94. The smallest absolute Gasteiger partial charge is 0.257 e. The summed E-state index contributed by atoms with van der Waals surface area (Å²) < 4.78 is 27.4. The Bertz CT molecular complexity index is 1670. The molecule has 7 heteroatoms. The van der Waals surface area contributed by atoms with Crippen molar-refractivity contribution in [1.29, 1.82) is 0 Å². The fourth-order valence-corrected chi connectivity index (χ4v) is 6.01. The summed E-state index contributed by atoms with van der Waals surface area (Å²) in [5, 5.41) is -0.289. The van der Waals surface area contributed by atoms with E-state index in [4.69, 9.17) is 4.98 Å². The molecule has 1 aliphatic rings. The molecule has 0 atom stereocenters. The second kappa shape index (κ2) is 8.64. The monoisotopic (exact) mass is 504 g/mol. The second-order valence-electron chi connectivity index (χ2n) is 9.42. The van der Waals surface area contributed by atoms with Crippen LogP contribution in [-0.4, -0.2) is 23.4 Å². The van der Waals surface area contributed by atoms with E-state index in [1.807, 2.05) is 71.6 Å². The Kier molecular flexibility index (Phi) is 5.38. The fourth-order valence-electron chi connectivity index (χ4n) is 4.87. The average molecular weight is 505 g/mol. The number of benzene rings is 4. The summed E-state index contributed by atoms with van der Waals surface area (Å²) in [6.45, 7) is 4.38. The van der Waals surface area contributed by atoms with Crippen LogP contribution < -0.4 is 4.90 Å². The van der Waals surface area contributed by atoms with Crippen LogP contribution in [0.15, 0.2) is 119 Å². The topological polar surface area (TPSA) is 76.1 Å². The number of para-hydroxylation sites is 2. The van der Waals surface area contributed by atoms with E-state index in [0.717, 1.165) is 22.5 Å². The first-order chi connectivity index (χ1) is 17.9. The van der Waals surface area contributed by atoms with Crippen molar-refractivity contribution in [3.63, 3.8) is 0 Å². The molecule has 0 spiro atoms. The Balaban J connectivity index is 1.65. The van der Waals surface area contributed by atoms with Crippen molar-refractivity contribution in [2.24, 2.45) is 0 Å². The molecule has 0 radical (unpaired) electrons. The van der Waals surface area contributed by atoms with Gasteiger partial charge in [0.15, 0.2) is 5.82 Å². The lowest BCUT2D eigenvalue weighted by Gasteiger charge is -2.40. The zero-order valence-electron chi connectivity index (χ0n) is 20.4.